The summed E-state index contributed by atoms with van der Waals surface area (Å²) in [5.41, 5.74) is 1.13. The number of hydrogen-bond donors (Lipinski definition) is 0. The Morgan fingerprint density at radius 1 is 0.950 bits per heavy atom. The number of piperazine rings is 1. The number of aryl methyl sites for hydroxylation is 1. The predicted molar refractivity (Wildman–Crippen MR) is 137 cm³/mol. The zero-order valence-electron chi connectivity index (χ0n) is 21.3. The number of oxazole rings is 1. The quantitative estimate of drug-likeness (QED) is 0.297. The lowest BCUT2D eigenvalue weighted by atomic mass is 10.0. The number of rotatable bonds is 5. The highest BCUT2D eigenvalue weighted by atomic mass is 19.4. The largest absolute Gasteiger partial charge is 0.436 e. The van der Waals surface area contributed by atoms with Crippen LogP contribution < -0.4 is 0 Å². The van der Waals surface area contributed by atoms with Crippen LogP contribution in [-0.4, -0.2) is 62.1 Å². The first-order chi connectivity index (χ1) is 19.3. The van der Waals surface area contributed by atoms with E-state index in [0.29, 0.717) is 43.5 Å². The van der Waals surface area contributed by atoms with Crippen molar-refractivity contribution in [1.29, 1.82) is 0 Å². The molecule has 3 aromatic heterocycles. The fraction of sp³-hybridized carbons (Fsp3) is 0.250. The van der Waals surface area contributed by atoms with E-state index in [2.05, 4.69) is 25.1 Å². The SMILES string of the molecule is Cc1nnc(C(c2ccccc2)N2CCN(C(=O)c3cc(-c4nc5cc(C(F)(F)F)ccc5o4)ccn3)CC2)o1. The molecule has 40 heavy (non-hydrogen) atoms. The molecule has 12 heteroatoms. The van der Waals surface area contributed by atoms with Crippen molar-refractivity contribution in [2.24, 2.45) is 0 Å². The molecular weight excluding hydrogens is 525 g/mol. The summed E-state index contributed by atoms with van der Waals surface area (Å²) in [6.45, 7) is 3.78. The van der Waals surface area contributed by atoms with Crippen molar-refractivity contribution in [3.05, 3.63) is 95.5 Å². The van der Waals surface area contributed by atoms with E-state index in [1.807, 2.05) is 30.3 Å². The maximum Gasteiger partial charge on any atom is 0.416 e. The van der Waals surface area contributed by atoms with Crippen molar-refractivity contribution < 1.29 is 26.8 Å². The van der Waals surface area contributed by atoms with E-state index in [0.717, 1.165) is 17.7 Å². The van der Waals surface area contributed by atoms with E-state index >= 15 is 0 Å². The van der Waals surface area contributed by atoms with E-state index in [-0.39, 0.29) is 34.6 Å². The summed E-state index contributed by atoms with van der Waals surface area (Å²) in [7, 11) is 0. The van der Waals surface area contributed by atoms with Crippen molar-refractivity contribution in [2.75, 3.05) is 26.2 Å². The van der Waals surface area contributed by atoms with E-state index in [1.165, 1.54) is 18.3 Å². The number of alkyl halides is 3. The monoisotopic (exact) mass is 548 g/mol. The predicted octanol–water partition coefficient (Wildman–Crippen LogP) is 5.15. The van der Waals surface area contributed by atoms with Gasteiger partial charge in [-0.1, -0.05) is 30.3 Å². The minimum absolute atomic E-state index is 0.0787. The van der Waals surface area contributed by atoms with Crippen LogP contribution in [0.15, 0.2) is 75.7 Å². The van der Waals surface area contributed by atoms with Crippen LogP contribution in [0.1, 0.15) is 39.4 Å². The van der Waals surface area contributed by atoms with Gasteiger partial charge in [0.05, 0.1) is 5.56 Å². The number of amides is 1. The minimum atomic E-state index is -4.49. The van der Waals surface area contributed by atoms with Gasteiger partial charge in [0.2, 0.25) is 17.7 Å². The minimum Gasteiger partial charge on any atom is -0.436 e. The summed E-state index contributed by atoms with van der Waals surface area (Å²) < 4.78 is 50.7. The van der Waals surface area contributed by atoms with Crippen molar-refractivity contribution in [2.45, 2.75) is 19.1 Å². The summed E-state index contributed by atoms with van der Waals surface area (Å²) in [6, 6.07) is 15.9. The van der Waals surface area contributed by atoms with E-state index in [4.69, 9.17) is 8.83 Å². The van der Waals surface area contributed by atoms with Crippen LogP contribution in [0.3, 0.4) is 0 Å². The zero-order chi connectivity index (χ0) is 27.9. The number of benzene rings is 2. The Balaban J connectivity index is 1.19. The van der Waals surface area contributed by atoms with Gasteiger partial charge in [-0.2, -0.15) is 13.2 Å². The molecule has 204 valence electrons. The van der Waals surface area contributed by atoms with Gasteiger partial charge < -0.3 is 13.7 Å². The number of halogens is 3. The third kappa shape index (κ3) is 5.05. The summed E-state index contributed by atoms with van der Waals surface area (Å²) >= 11 is 0. The number of carbonyl (C=O) groups excluding carboxylic acids is 1. The fourth-order valence-corrected chi connectivity index (χ4v) is 4.82. The van der Waals surface area contributed by atoms with Crippen LogP contribution >= 0.6 is 0 Å². The molecule has 1 aliphatic rings. The van der Waals surface area contributed by atoms with Gasteiger partial charge in [-0.3, -0.25) is 14.7 Å². The van der Waals surface area contributed by atoms with Gasteiger partial charge in [0.1, 0.15) is 17.3 Å². The molecule has 0 bridgehead atoms. The van der Waals surface area contributed by atoms with Crippen molar-refractivity contribution in [3.63, 3.8) is 0 Å². The van der Waals surface area contributed by atoms with Gasteiger partial charge in [-0.15, -0.1) is 10.2 Å². The standard InChI is InChI=1S/C28H23F3N6O3/c1-17-34-35-26(39-17)24(18-5-3-2-4-6-18)36-11-13-37(14-12-36)27(38)22-15-19(9-10-32-22)25-33-21-16-20(28(29,30)31)7-8-23(21)40-25/h2-10,15-16,24H,11-14H2,1H3. The Labute approximate surface area is 226 Å². The van der Waals surface area contributed by atoms with Crippen molar-refractivity contribution >= 4 is 17.0 Å². The Morgan fingerprint density at radius 3 is 2.42 bits per heavy atom. The number of hydrogen-bond acceptors (Lipinski definition) is 8. The molecule has 1 unspecified atom stereocenters. The highest BCUT2D eigenvalue weighted by Crippen LogP contribution is 2.33. The molecule has 0 aliphatic carbocycles. The Bertz CT molecular complexity index is 1660. The van der Waals surface area contributed by atoms with Crippen LogP contribution in [0.5, 0.6) is 0 Å². The smallest absolute Gasteiger partial charge is 0.416 e. The normalized spacial score (nSPS) is 15.4. The average molecular weight is 549 g/mol. The second-order valence-corrected chi connectivity index (χ2v) is 9.43. The molecule has 0 N–H and O–H groups in total. The number of carbonyl (C=O) groups is 1. The number of nitrogens with zero attached hydrogens (tertiary/aromatic N) is 6. The first kappa shape index (κ1) is 25.7. The summed E-state index contributed by atoms with van der Waals surface area (Å²) in [4.78, 5) is 25.7. The molecule has 0 radical (unpaired) electrons. The third-order valence-electron chi connectivity index (χ3n) is 6.80. The molecule has 0 spiro atoms. The Kier molecular flexibility index (Phi) is 6.54. The lowest BCUT2D eigenvalue weighted by molar-refractivity contribution is -0.137. The molecule has 1 fully saturated rings. The van der Waals surface area contributed by atoms with Crippen LogP contribution in [0, 0.1) is 6.92 Å². The first-order valence-electron chi connectivity index (χ1n) is 12.6. The lowest BCUT2D eigenvalue weighted by Gasteiger charge is -2.38. The highest BCUT2D eigenvalue weighted by molar-refractivity contribution is 5.93. The van der Waals surface area contributed by atoms with Crippen LogP contribution in [0.2, 0.25) is 0 Å². The lowest BCUT2D eigenvalue weighted by Crippen LogP contribution is -2.50. The molecule has 4 heterocycles. The van der Waals surface area contributed by atoms with E-state index < -0.39 is 11.7 Å². The second kappa shape index (κ2) is 10.2. The Morgan fingerprint density at radius 2 is 1.73 bits per heavy atom. The molecular formula is C28H23F3N6O3. The Hall–Kier alpha value is -4.58. The molecule has 2 aromatic carbocycles. The number of pyridine rings is 1. The van der Waals surface area contributed by atoms with Gasteiger partial charge in [0.15, 0.2) is 5.58 Å². The topological polar surface area (TPSA) is 101 Å². The maximum absolute atomic E-state index is 13.4. The van der Waals surface area contributed by atoms with Gasteiger partial charge in [0.25, 0.3) is 5.91 Å². The highest BCUT2D eigenvalue weighted by Gasteiger charge is 2.33. The second-order valence-electron chi connectivity index (χ2n) is 9.43. The van der Waals surface area contributed by atoms with Crippen molar-refractivity contribution in [3.8, 4) is 11.5 Å². The van der Waals surface area contributed by atoms with Gasteiger partial charge >= 0.3 is 6.18 Å². The molecule has 1 saturated heterocycles. The molecule has 1 aliphatic heterocycles. The number of aromatic nitrogens is 4. The van der Waals surface area contributed by atoms with Gasteiger partial charge in [-0.05, 0) is 35.9 Å². The zero-order valence-corrected chi connectivity index (χ0v) is 21.3. The van der Waals surface area contributed by atoms with E-state index in [1.54, 1.807) is 17.9 Å². The summed E-state index contributed by atoms with van der Waals surface area (Å²) in [5.74, 6) is 0.826. The average Bonchev–Trinajstić information content (AvgIpc) is 3.59. The number of fused-ring (bicyclic) bond motifs is 1. The summed E-state index contributed by atoms with van der Waals surface area (Å²) in [6.07, 6.45) is -3.03. The van der Waals surface area contributed by atoms with Crippen LogP contribution in [0.25, 0.3) is 22.6 Å². The van der Waals surface area contributed by atoms with Gasteiger partial charge in [0, 0.05) is 44.9 Å². The third-order valence-corrected chi connectivity index (χ3v) is 6.80. The van der Waals surface area contributed by atoms with Crippen LogP contribution in [0.4, 0.5) is 13.2 Å². The summed E-state index contributed by atoms with van der Waals surface area (Å²) in [5, 5.41) is 8.24. The van der Waals surface area contributed by atoms with Crippen molar-refractivity contribution in [1.82, 2.24) is 30.0 Å². The first-order valence-corrected chi connectivity index (χ1v) is 12.6. The molecule has 5 aromatic rings. The van der Waals surface area contributed by atoms with Crippen LogP contribution in [-0.2, 0) is 6.18 Å². The maximum atomic E-state index is 13.4. The molecule has 6 rings (SSSR count). The molecule has 0 saturated carbocycles. The molecule has 1 amide bonds. The van der Waals surface area contributed by atoms with Gasteiger partial charge in [-0.25, -0.2) is 4.98 Å². The molecule has 1 atom stereocenters. The fourth-order valence-electron chi connectivity index (χ4n) is 4.82. The molecule has 9 nitrogen and oxygen atoms in total. The van der Waals surface area contributed by atoms with E-state index in [9.17, 15) is 18.0 Å².